The van der Waals surface area contributed by atoms with Crippen molar-refractivity contribution in [2.24, 2.45) is 0 Å². The minimum absolute atomic E-state index is 0.0188. The van der Waals surface area contributed by atoms with E-state index in [0.29, 0.717) is 51.0 Å². The lowest BCUT2D eigenvalue weighted by Crippen LogP contribution is -2.52. The molecular weight excluding hydrogens is 638 g/mol. The molecular formula is C33H33F4N5O4S. The van der Waals surface area contributed by atoms with E-state index < -0.39 is 24.5 Å². The topological polar surface area (TPSA) is 96.9 Å². The highest BCUT2D eigenvalue weighted by molar-refractivity contribution is 7.18. The molecule has 4 aromatic rings. The Morgan fingerprint density at radius 3 is 2.43 bits per heavy atom. The summed E-state index contributed by atoms with van der Waals surface area (Å²) in [6, 6.07) is 13.7. The number of likely N-dealkylation sites (tertiary alicyclic amines) is 2. The zero-order chi connectivity index (χ0) is 33.1. The average Bonchev–Trinajstić information content (AvgIpc) is 3.42. The third-order valence-electron chi connectivity index (χ3n) is 8.25. The molecule has 1 N–H and O–H groups in total. The summed E-state index contributed by atoms with van der Waals surface area (Å²) < 4.78 is 63.4. The standard InChI is InChI=1S/C33H33F4N5O4S/c1-20-39-29-16-25(7-9-30(29)47-20)45-23-10-14-42(15-11-23)32(44)28-8-4-22(17-38-28)31(43)40-27-12-13-41(19-26(27)34)18-21-2-5-24(6-3-21)46-33(35,36)37/h2-9,16-17,23,26-27H,10-15,18-19H2,1H3,(H,40,43)/t26-,27-/m1/s1. The van der Waals surface area contributed by atoms with Crippen LogP contribution in [0.5, 0.6) is 11.5 Å². The second-order valence-electron chi connectivity index (χ2n) is 11.7. The van der Waals surface area contributed by atoms with Crippen LogP contribution in [-0.4, -0.2) is 82.4 Å². The molecule has 2 atom stereocenters. The summed E-state index contributed by atoms with van der Waals surface area (Å²) in [5.41, 5.74) is 2.07. The summed E-state index contributed by atoms with van der Waals surface area (Å²) in [7, 11) is 0. The lowest BCUT2D eigenvalue weighted by molar-refractivity contribution is -0.274. The second kappa shape index (κ2) is 13.8. The number of alkyl halides is 4. The number of piperidine rings is 2. The molecule has 0 aliphatic carbocycles. The number of benzene rings is 2. The number of nitrogens with one attached hydrogen (secondary N) is 1. The van der Waals surface area contributed by atoms with Gasteiger partial charge in [-0.2, -0.15) is 0 Å². The summed E-state index contributed by atoms with van der Waals surface area (Å²) in [4.78, 5) is 38.3. The van der Waals surface area contributed by atoms with Crippen molar-refractivity contribution < 1.29 is 36.6 Å². The number of amides is 2. The first-order valence-corrected chi connectivity index (χ1v) is 16.1. The van der Waals surface area contributed by atoms with Crippen molar-refractivity contribution in [1.82, 2.24) is 25.1 Å². The molecule has 0 unspecified atom stereocenters. The van der Waals surface area contributed by atoms with Crippen LogP contribution in [0.4, 0.5) is 17.6 Å². The van der Waals surface area contributed by atoms with E-state index in [1.165, 1.54) is 42.6 Å². The van der Waals surface area contributed by atoms with Gasteiger partial charge in [0.2, 0.25) is 0 Å². The first-order valence-electron chi connectivity index (χ1n) is 15.3. The minimum Gasteiger partial charge on any atom is -0.490 e. The van der Waals surface area contributed by atoms with Crippen LogP contribution in [0.15, 0.2) is 60.8 Å². The predicted octanol–water partition coefficient (Wildman–Crippen LogP) is 5.92. The Kier molecular flexibility index (Phi) is 9.60. The van der Waals surface area contributed by atoms with Gasteiger partial charge in [-0.3, -0.25) is 19.5 Å². The number of nitrogens with zero attached hydrogens (tertiary/aromatic N) is 4. The largest absolute Gasteiger partial charge is 0.573 e. The molecule has 2 saturated heterocycles. The molecule has 2 amide bonds. The molecule has 2 fully saturated rings. The van der Waals surface area contributed by atoms with Gasteiger partial charge in [0, 0.05) is 57.8 Å². The Bertz CT molecular complexity index is 1710. The fourth-order valence-electron chi connectivity index (χ4n) is 5.86. The van der Waals surface area contributed by atoms with Gasteiger partial charge in [-0.05, 0) is 55.3 Å². The number of pyridine rings is 1. The van der Waals surface area contributed by atoms with E-state index in [1.807, 2.05) is 30.0 Å². The number of halogens is 4. The van der Waals surface area contributed by atoms with Crippen molar-refractivity contribution in [2.45, 2.75) is 57.4 Å². The molecule has 14 heteroatoms. The van der Waals surface area contributed by atoms with Gasteiger partial charge in [-0.15, -0.1) is 24.5 Å². The van der Waals surface area contributed by atoms with Crippen LogP contribution in [0.3, 0.4) is 0 Å². The molecule has 0 spiro atoms. The van der Waals surface area contributed by atoms with Crippen LogP contribution in [-0.2, 0) is 6.54 Å². The van der Waals surface area contributed by atoms with Crippen molar-refractivity contribution >= 4 is 33.4 Å². The van der Waals surface area contributed by atoms with Crippen LogP contribution in [0.1, 0.15) is 50.7 Å². The Morgan fingerprint density at radius 2 is 1.74 bits per heavy atom. The number of ether oxygens (including phenoxy) is 2. The number of aromatic nitrogens is 2. The number of thiazole rings is 1. The first-order chi connectivity index (χ1) is 22.5. The van der Waals surface area contributed by atoms with Gasteiger partial charge in [0.15, 0.2) is 0 Å². The van der Waals surface area contributed by atoms with E-state index in [9.17, 15) is 22.8 Å². The van der Waals surface area contributed by atoms with Gasteiger partial charge in [0.05, 0.1) is 26.8 Å². The van der Waals surface area contributed by atoms with Gasteiger partial charge < -0.3 is 19.7 Å². The molecule has 0 radical (unpaired) electrons. The Hall–Kier alpha value is -4.30. The van der Waals surface area contributed by atoms with Crippen molar-refractivity contribution in [1.29, 1.82) is 0 Å². The lowest BCUT2D eigenvalue weighted by Gasteiger charge is -2.35. The van der Waals surface area contributed by atoms with Crippen LogP contribution >= 0.6 is 11.3 Å². The molecule has 248 valence electrons. The van der Waals surface area contributed by atoms with Crippen molar-refractivity contribution in [3.05, 3.63) is 82.6 Å². The van der Waals surface area contributed by atoms with Gasteiger partial charge in [-0.25, -0.2) is 9.37 Å². The molecule has 2 aromatic carbocycles. The van der Waals surface area contributed by atoms with Crippen molar-refractivity contribution in [3.8, 4) is 11.5 Å². The van der Waals surface area contributed by atoms with Crippen LogP contribution < -0.4 is 14.8 Å². The van der Waals surface area contributed by atoms with E-state index in [0.717, 1.165) is 21.0 Å². The zero-order valence-electron chi connectivity index (χ0n) is 25.5. The number of carbonyl (C=O) groups is 2. The SMILES string of the molecule is Cc1nc2cc(OC3CCN(C(=O)c4ccc(C(=O)N[C@@H]5CCN(Cc6ccc(OC(F)(F)F)cc6)C[C@H]5F)cn4)CC3)ccc2s1. The molecule has 0 bridgehead atoms. The monoisotopic (exact) mass is 671 g/mol. The average molecular weight is 672 g/mol. The maximum atomic E-state index is 15.0. The summed E-state index contributed by atoms with van der Waals surface area (Å²) in [6.45, 7) is 3.89. The number of hydrogen-bond donors (Lipinski definition) is 1. The number of carbonyl (C=O) groups excluding carboxylic acids is 2. The summed E-state index contributed by atoms with van der Waals surface area (Å²) in [5, 5.41) is 3.73. The third-order valence-corrected chi connectivity index (χ3v) is 9.20. The predicted molar refractivity (Wildman–Crippen MR) is 167 cm³/mol. The van der Waals surface area contributed by atoms with E-state index in [1.54, 1.807) is 16.2 Å². The number of rotatable bonds is 8. The normalized spacial score (nSPS) is 19.5. The Morgan fingerprint density at radius 1 is 1.00 bits per heavy atom. The van der Waals surface area contributed by atoms with E-state index >= 15 is 4.39 Å². The number of fused-ring (bicyclic) bond motifs is 1. The molecule has 2 aromatic heterocycles. The Balaban J connectivity index is 0.946. The molecule has 47 heavy (non-hydrogen) atoms. The zero-order valence-corrected chi connectivity index (χ0v) is 26.3. The van der Waals surface area contributed by atoms with Crippen LogP contribution in [0.25, 0.3) is 10.2 Å². The van der Waals surface area contributed by atoms with Crippen LogP contribution in [0.2, 0.25) is 0 Å². The smallest absolute Gasteiger partial charge is 0.490 e. The maximum absolute atomic E-state index is 15.0. The van der Waals surface area contributed by atoms with Gasteiger partial charge in [0.25, 0.3) is 11.8 Å². The maximum Gasteiger partial charge on any atom is 0.573 e. The van der Waals surface area contributed by atoms with Crippen LogP contribution in [0, 0.1) is 6.92 Å². The van der Waals surface area contributed by atoms with Gasteiger partial charge in [-0.1, -0.05) is 12.1 Å². The quantitative estimate of drug-likeness (QED) is 0.232. The van der Waals surface area contributed by atoms with E-state index in [4.69, 9.17) is 4.74 Å². The Labute approximate surface area is 272 Å². The molecule has 6 rings (SSSR count). The number of aryl methyl sites for hydroxylation is 1. The second-order valence-corrected chi connectivity index (χ2v) is 13.0. The lowest BCUT2D eigenvalue weighted by atomic mass is 10.0. The fourth-order valence-corrected chi connectivity index (χ4v) is 6.67. The molecule has 9 nitrogen and oxygen atoms in total. The molecule has 4 heterocycles. The van der Waals surface area contributed by atoms with Crippen molar-refractivity contribution in [3.63, 3.8) is 0 Å². The first kappa shape index (κ1) is 32.6. The highest BCUT2D eigenvalue weighted by Gasteiger charge is 2.32. The third kappa shape index (κ3) is 8.35. The summed E-state index contributed by atoms with van der Waals surface area (Å²) in [5.74, 6) is -0.268. The molecule has 2 aliphatic heterocycles. The van der Waals surface area contributed by atoms with Gasteiger partial charge >= 0.3 is 6.36 Å². The van der Waals surface area contributed by atoms with Crippen molar-refractivity contribution in [2.75, 3.05) is 26.2 Å². The minimum atomic E-state index is -4.77. The molecule has 0 saturated carbocycles. The van der Waals surface area contributed by atoms with E-state index in [2.05, 4.69) is 20.0 Å². The fraction of sp³-hybridized carbons (Fsp3) is 0.394. The van der Waals surface area contributed by atoms with E-state index in [-0.39, 0.29) is 35.6 Å². The molecule has 2 aliphatic rings. The van der Waals surface area contributed by atoms with Gasteiger partial charge in [0.1, 0.15) is 29.5 Å². The number of hydrogen-bond acceptors (Lipinski definition) is 8. The summed E-state index contributed by atoms with van der Waals surface area (Å²) >= 11 is 1.64. The highest BCUT2D eigenvalue weighted by atomic mass is 32.1. The highest BCUT2D eigenvalue weighted by Crippen LogP contribution is 2.28. The summed E-state index contributed by atoms with van der Waals surface area (Å²) in [6.07, 6.45) is -3.11.